The third-order valence-electron chi connectivity index (χ3n) is 2.90. The molecule has 0 saturated carbocycles. The maximum absolute atomic E-state index is 12.2. The van der Waals surface area contributed by atoms with Crippen LogP contribution in [0, 0.1) is 6.92 Å². The van der Waals surface area contributed by atoms with Crippen molar-refractivity contribution in [3.05, 3.63) is 30.2 Å². The lowest BCUT2D eigenvalue weighted by Gasteiger charge is -2.20. The van der Waals surface area contributed by atoms with E-state index in [1.165, 1.54) is 0 Å². The molecule has 0 aliphatic heterocycles. The summed E-state index contributed by atoms with van der Waals surface area (Å²) >= 11 is 0. The Bertz CT molecular complexity index is 534. The van der Waals surface area contributed by atoms with E-state index in [0.717, 1.165) is 0 Å². The molecule has 2 aromatic rings. The van der Waals surface area contributed by atoms with Gasteiger partial charge in [-0.15, -0.1) is 0 Å². The minimum Gasteiger partial charge on any atom is -0.343 e. The Morgan fingerprint density at radius 2 is 2.37 bits per heavy atom. The molecule has 7 heteroatoms. The van der Waals surface area contributed by atoms with Crippen LogP contribution in [0.5, 0.6) is 0 Å². The van der Waals surface area contributed by atoms with E-state index >= 15 is 0 Å². The average molecular weight is 263 g/mol. The smallest absolute Gasteiger partial charge is 0.246 e. The topological polar surface area (TPSA) is 77.1 Å². The molecule has 2 heterocycles. The van der Waals surface area contributed by atoms with E-state index < -0.39 is 0 Å². The molecule has 0 unspecified atom stereocenters. The van der Waals surface area contributed by atoms with Crippen molar-refractivity contribution in [3.8, 4) is 0 Å². The molecule has 2 rings (SSSR count). The normalized spacial score (nSPS) is 12.4. The van der Waals surface area contributed by atoms with Crippen LogP contribution in [-0.2, 0) is 11.2 Å². The van der Waals surface area contributed by atoms with Crippen molar-refractivity contribution >= 4 is 5.91 Å². The van der Waals surface area contributed by atoms with E-state index in [1.807, 2.05) is 6.92 Å². The fourth-order valence-electron chi connectivity index (χ4n) is 1.76. The first-order chi connectivity index (χ1) is 9.08. The van der Waals surface area contributed by atoms with Crippen LogP contribution in [0.4, 0.5) is 0 Å². The van der Waals surface area contributed by atoms with E-state index in [1.54, 1.807) is 42.0 Å². The number of aryl methyl sites for hydroxylation is 1. The molecule has 7 nitrogen and oxygen atoms in total. The van der Waals surface area contributed by atoms with Crippen molar-refractivity contribution in [2.45, 2.75) is 26.3 Å². The van der Waals surface area contributed by atoms with Gasteiger partial charge in [0.05, 0.1) is 0 Å². The van der Waals surface area contributed by atoms with Gasteiger partial charge in [-0.25, -0.2) is 0 Å². The number of carbonyl (C=O) groups excluding carboxylic acids is 1. The lowest BCUT2D eigenvalue weighted by molar-refractivity contribution is -0.133. The van der Waals surface area contributed by atoms with Crippen LogP contribution in [0.3, 0.4) is 0 Å². The van der Waals surface area contributed by atoms with Crippen molar-refractivity contribution in [2.75, 3.05) is 13.6 Å². The number of nitrogens with zero attached hydrogens (tertiary/aromatic N) is 5. The van der Waals surface area contributed by atoms with Gasteiger partial charge >= 0.3 is 0 Å². The van der Waals surface area contributed by atoms with E-state index in [4.69, 9.17) is 4.52 Å². The summed E-state index contributed by atoms with van der Waals surface area (Å²) in [7, 11) is 1.76. The first kappa shape index (κ1) is 13.3. The van der Waals surface area contributed by atoms with Crippen molar-refractivity contribution in [2.24, 2.45) is 0 Å². The molecule has 19 heavy (non-hydrogen) atoms. The summed E-state index contributed by atoms with van der Waals surface area (Å²) in [5, 5.41) is 7.87. The second-order valence-corrected chi connectivity index (χ2v) is 4.40. The zero-order valence-electron chi connectivity index (χ0n) is 11.3. The highest BCUT2D eigenvalue weighted by atomic mass is 16.5. The fourth-order valence-corrected chi connectivity index (χ4v) is 1.76. The summed E-state index contributed by atoms with van der Waals surface area (Å²) in [4.78, 5) is 17.9. The van der Waals surface area contributed by atoms with Gasteiger partial charge in [0.1, 0.15) is 6.04 Å². The van der Waals surface area contributed by atoms with Crippen LogP contribution in [0.1, 0.15) is 24.7 Å². The van der Waals surface area contributed by atoms with Crippen LogP contribution in [0.25, 0.3) is 0 Å². The quantitative estimate of drug-likeness (QED) is 0.798. The van der Waals surface area contributed by atoms with E-state index in [0.29, 0.717) is 24.7 Å². The number of carbonyl (C=O) groups is 1. The summed E-state index contributed by atoms with van der Waals surface area (Å²) in [6.07, 6.45) is 4.01. The molecule has 0 aromatic carbocycles. The standard InChI is InChI=1S/C12H17N5O2/c1-9(17-7-4-6-13-17)12(18)16(3)8-5-11-14-10(2)19-15-11/h4,6-7,9H,5,8H2,1-3H3/t9-/m1/s1. The van der Waals surface area contributed by atoms with Gasteiger partial charge in [-0.2, -0.15) is 10.1 Å². The number of amides is 1. The Kier molecular flexibility index (Phi) is 3.94. The van der Waals surface area contributed by atoms with Gasteiger partial charge in [-0.3, -0.25) is 9.48 Å². The van der Waals surface area contributed by atoms with Gasteiger partial charge in [0.25, 0.3) is 0 Å². The number of hydrogen-bond donors (Lipinski definition) is 0. The predicted molar refractivity (Wildman–Crippen MR) is 67.3 cm³/mol. The molecule has 0 radical (unpaired) electrons. The Morgan fingerprint density at radius 1 is 1.58 bits per heavy atom. The summed E-state index contributed by atoms with van der Waals surface area (Å²) in [6, 6.07) is 1.48. The second kappa shape index (κ2) is 5.64. The largest absolute Gasteiger partial charge is 0.343 e. The molecule has 0 saturated heterocycles. The van der Waals surface area contributed by atoms with E-state index in [2.05, 4.69) is 15.2 Å². The van der Waals surface area contributed by atoms with Gasteiger partial charge in [-0.1, -0.05) is 5.16 Å². The molecule has 0 aliphatic carbocycles. The lowest BCUT2D eigenvalue weighted by atomic mass is 10.3. The molecule has 0 spiro atoms. The molecule has 0 bridgehead atoms. The Hall–Kier alpha value is -2.18. The number of likely N-dealkylation sites (N-methyl/N-ethyl adjacent to an activating group) is 1. The highest BCUT2D eigenvalue weighted by molar-refractivity contribution is 5.79. The molecular weight excluding hydrogens is 246 g/mol. The third kappa shape index (κ3) is 3.18. The minimum atomic E-state index is -0.313. The number of aromatic nitrogens is 4. The second-order valence-electron chi connectivity index (χ2n) is 4.40. The molecule has 2 aromatic heterocycles. The first-order valence-electron chi connectivity index (χ1n) is 6.11. The van der Waals surface area contributed by atoms with Gasteiger partial charge in [0, 0.05) is 39.3 Å². The number of hydrogen-bond acceptors (Lipinski definition) is 5. The van der Waals surface area contributed by atoms with Crippen molar-refractivity contribution in [3.63, 3.8) is 0 Å². The van der Waals surface area contributed by atoms with Gasteiger partial charge in [0.2, 0.25) is 11.8 Å². The highest BCUT2D eigenvalue weighted by Crippen LogP contribution is 2.08. The summed E-state index contributed by atoms with van der Waals surface area (Å²) in [6.45, 7) is 4.11. The highest BCUT2D eigenvalue weighted by Gasteiger charge is 2.19. The SMILES string of the molecule is Cc1nc(CCN(C)C(=O)[C@@H](C)n2cccn2)no1. The lowest BCUT2D eigenvalue weighted by Crippen LogP contribution is -2.34. The van der Waals surface area contributed by atoms with Crippen LogP contribution < -0.4 is 0 Å². The molecule has 0 N–H and O–H groups in total. The summed E-state index contributed by atoms with van der Waals surface area (Å²) in [5.74, 6) is 1.15. The zero-order valence-corrected chi connectivity index (χ0v) is 11.3. The van der Waals surface area contributed by atoms with Crippen LogP contribution in [-0.4, -0.2) is 44.3 Å². The maximum Gasteiger partial charge on any atom is 0.246 e. The van der Waals surface area contributed by atoms with Crippen molar-refractivity contribution < 1.29 is 9.32 Å². The van der Waals surface area contributed by atoms with Crippen molar-refractivity contribution in [1.82, 2.24) is 24.8 Å². The van der Waals surface area contributed by atoms with Gasteiger partial charge < -0.3 is 9.42 Å². The Labute approximate surface area is 111 Å². The number of rotatable bonds is 5. The van der Waals surface area contributed by atoms with Gasteiger partial charge in [0.15, 0.2) is 5.82 Å². The molecule has 0 aliphatic rings. The first-order valence-corrected chi connectivity index (χ1v) is 6.11. The predicted octanol–water partition coefficient (Wildman–Crippen LogP) is 0.837. The fraction of sp³-hybridized carbons (Fsp3) is 0.500. The monoisotopic (exact) mass is 263 g/mol. The molecule has 1 amide bonds. The Morgan fingerprint density at radius 3 is 2.95 bits per heavy atom. The summed E-state index contributed by atoms with van der Waals surface area (Å²) in [5.41, 5.74) is 0. The van der Waals surface area contributed by atoms with E-state index in [-0.39, 0.29) is 11.9 Å². The minimum absolute atomic E-state index is 0.00363. The van der Waals surface area contributed by atoms with E-state index in [9.17, 15) is 4.79 Å². The summed E-state index contributed by atoms with van der Waals surface area (Å²) < 4.78 is 6.52. The molecule has 0 fully saturated rings. The third-order valence-corrected chi connectivity index (χ3v) is 2.90. The molecule has 102 valence electrons. The van der Waals surface area contributed by atoms with Gasteiger partial charge in [-0.05, 0) is 13.0 Å². The van der Waals surface area contributed by atoms with Crippen molar-refractivity contribution in [1.29, 1.82) is 0 Å². The van der Waals surface area contributed by atoms with Crippen LogP contribution >= 0.6 is 0 Å². The Balaban J connectivity index is 1.89. The molecule has 1 atom stereocenters. The maximum atomic E-state index is 12.2. The van der Waals surface area contributed by atoms with Crippen LogP contribution in [0.2, 0.25) is 0 Å². The van der Waals surface area contributed by atoms with Crippen LogP contribution in [0.15, 0.2) is 23.0 Å². The molecular formula is C12H17N5O2. The average Bonchev–Trinajstić information content (AvgIpc) is 3.05. The zero-order chi connectivity index (χ0) is 13.8.